The number of amides is 1. The van der Waals surface area contributed by atoms with Crippen LogP contribution >= 0.6 is 0 Å². The van der Waals surface area contributed by atoms with Crippen molar-refractivity contribution in [3.63, 3.8) is 0 Å². The van der Waals surface area contributed by atoms with Gasteiger partial charge in [0.25, 0.3) is 0 Å². The maximum Gasteiger partial charge on any atom is 0.248 e. The van der Waals surface area contributed by atoms with Gasteiger partial charge < -0.3 is 10.8 Å². The topological polar surface area (TPSA) is 66.6 Å². The van der Waals surface area contributed by atoms with Crippen LogP contribution in [0, 0.1) is 6.42 Å². The van der Waals surface area contributed by atoms with Gasteiger partial charge in [-0.15, -0.1) is 0 Å². The second-order valence-corrected chi connectivity index (χ2v) is 7.48. The number of nitrogens with two attached hydrogens (primary N) is 1. The molecule has 0 bridgehead atoms. The van der Waals surface area contributed by atoms with Gasteiger partial charge in [-0.2, -0.15) is 0 Å². The van der Waals surface area contributed by atoms with Crippen LogP contribution in [0.25, 0.3) is 0 Å². The van der Waals surface area contributed by atoms with Gasteiger partial charge in [0.05, 0.1) is 6.10 Å². The van der Waals surface area contributed by atoms with Crippen molar-refractivity contribution in [3.05, 3.63) is 114 Å². The molecule has 30 heavy (non-hydrogen) atoms. The second kappa shape index (κ2) is 11.3. The molecule has 1 radical (unpaired) electrons. The SMILES string of the molecule is NC(=O)c1ccccc1CCN(Cc1ccccc1)C[C@@H](O)[CH]Cc1ccccc1. The first kappa shape index (κ1) is 21.8. The molecule has 3 aromatic carbocycles. The number of hydrogen-bond donors (Lipinski definition) is 2. The molecule has 4 nitrogen and oxygen atoms in total. The maximum atomic E-state index is 11.7. The molecule has 155 valence electrons. The number of benzene rings is 3. The highest BCUT2D eigenvalue weighted by Gasteiger charge is 2.15. The number of rotatable bonds is 11. The highest BCUT2D eigenvalue weighted by Crippen LogP contribution is 2.13. The number of carbonyl (C=O) groups excluding carboxylic acids is 1. The Morgan fingerprint density at radius 2 is 1.50 bits per heavy atom. The minimum Gasteiger partial charge on any atom is -0.391 e. The lowest BCUT2D eigenvalue weighted by molar-refractivity contribution is 0.0998. The summed E-state index contributed by atoms with van der Waals surface area (Å²) >= 11 is 0. The summed E-state index contributed by atoms with van der Waals surface area (Å²) < 4.78 is 0. The first-order valence-corrected chi connectivity index (χ1v) is 10.3. The van der Waals surface area contributed by atoms with E-state index in [-0.39, 0.29) is 0 Å². The fraction of sp³-hybridized carbons (Fsp3) is 0.231. The fourth-order valence-electron chi connectivity index (χ4n) is 3.56. The minimum atomic E-state index is -0.541. The van der Waals surface area contributed by atoms with Crippen LogP contribution in [-0.4, -0.2) is 35.1 Å². The minimum absolute atomic E-state index is 0.406. The number of carbonyl (C=O) groups is 1. The molecule has 0 saturated carbocycles. The summed E-state index contributed by atoms with van der Waals surface area (Å²) in [4.78, 5) is 13.9. The molecule has 3 aromatic rings. The Balaban J connectivity index is 1.63. The van der Waals surface area contributed by atoms with E-state index < -0.39 is 12.0 Å². The van der Waals surface area contributed by atoms with Gasteiger partial charge in [-0.05, 0) is 42.0 Å². The molecule has 0 fully saturated rings. The van der Waals surface area contributed by atoms with E-state index in [9.17, 15) is 9.90 Å². The number of aliphatic hydroxyl groups is 1. The summed E-state index contributed by atoms with van der Waals surface area (Å²) in [6, 6.07) is 27.8. The second-order valence-electron chi connectivity index (χ2n) is 7.48. The number of primary amides is 1. The lowest BCUT2D eigenvalue weighted by atomic mass is 10.0. The van der Waals surface area contributed by atoms with Crippen molar-refractivity contribution in [2.45, 2.75) is 25.5 Å². The standard InChI is InChI=1S/C26H29N2O2/c27-26(30)25-14-8-7-13-23(25)17-18-28(19-22-11-5-2-6-12-22)20-24(29)16-15-21-9-3-1-4-10-21/h1-14,16,24,29H,15,17-20H2,(H2,27,30)/t24-/m0/s1. The average Bonchev–Trinajstić information content (AvgIpc) is 2.77. The van der Waals surface area contributed by atoms with Crippen LogP contribution in [0.5, 0.6) is 0 Å². The highest BCUT2D eigenvalue weighted by molar-refractivity contribution is 5.94. The monoisotopic (exact) mass is 401 g/mol. The van der Waals surface area contributed by atoms with Gasteiger partial charge in [0, 0.05) is 25.2 Å². The third-order valence-corrected chi connectivity index (χ3v) is 5.14. The predicted octanol–water partition coefficient (Wildman–Crippen LogP) is 3.64. The third-order valence-electron chi connectivity index (χ3n) is 5.14. The molecule has 4 heteroatoms. The van der Waals surface area contributed by atoms with Gasteiger partial charge in [-0.3, -0.25) is 9.69 Å². The zero-order chi connectivity index (χ0) is 21.2. The molecule has 0 heterocycles. The molecule has 0 aliphatic rings. The van der Waals surface area contributed by atoms with Crippen molar-refractivity contribution in [2.75, 3.05) is 13.1 Å². The van der Waals surface area contributed by atoms with Crippen molar-refractivity contribution < 1.29 is 9.90 Å². The van der Waals surface area contributed by atoms with Crippen LogP contribution in [0.2, 0.25) is 0 Å². The Morgan fingerprint density at radius 1 is 0.900 bits per heavy atom. The van der Waals surface area contributed by atoms with E-state index in [1.807, 2.05) is 61.0 Å². The first-order chi connectivity index (χ1) is 14.6. The van der Waals surface area contributed by atoms with Gasteiger partial charge in [-0.1, -0.05) is 78.9 Å². The Bertz CT molecular complexity index is 913. The van der Waals surface area contributed by atoms with Crippen molar-refractivity contribution in [1.82, 2.24) is 4.90 Å². The molecule has 0 saturated heterocycles. The average molecular weight is 402 g/mol. The van der Waals surface area contributed by atoms with E-state index in [0.29, 0.717) is 18.5 Å². The zero-order valence-electron chi connectivity index (χ0n) is 17.2. The summed E-state index contributed by atoms with van der Waals surface area (Å²) in [5.41, 5.74) is 9.39. The maximum absolute atomic E-state index is 11.7. The summed E-state index contributed by atoms with van der Waals surface area (Å²) in [7, 11) is 0. The van der Waals surface area contributed by atoms with Crippen molar-refractivity contribution in [2.24, 2.45) is 5.73 Å². The Labute approximate surface area is 179 Å². The molecule has 0 unspecified atom stereocenters. The molecule has 0 aliphatic heterocycles. The van der Waals surface area contributed by atoms with Crippen molar-refractivity contribution in [3.8, 4) is 0 Å². The molecule has 3 rings (SSSR count). The van der Waals surface area contributed by atoms with Crippen LogP contribution in [-0.2, 0) is 19.4 Å². The lowest BCUT2D eigenvalue weighted by Crippen LogP contribution is -2.34. The molecular weight excluding hydrogens is 372 g/mol. The normalized spacial score (nSPS) is 12.1. The largest absolute Gasteiger partial charge is 0.391 e. The van der Waals surface area contributed by atoms with E-state index in [2.05, 4.69) is 29.2 Å². The van der Waals surface area contributed by atoms with Gasteiger partial charge >= 0.3 is 0 Å². The smallest absolute Gasteiger partial charge is 0.248 e. The van der Waals surface area contributed by atoms with Gasteiger partial charge in [0.2, 0.25) is 5.91 Å². The molecule has 1 amide bonds. The van der Waals surface area contributed by atoms with Crippen LogP contribution in [0.15, 0.2) is 84.9 Å². The predicted molar refractivity (Wildman–Crippen MR) is 121 cm³/mol. The number of aliphatic hydroxyl groups excluding tert-OH is 1. The van der Waals surface area contributed by atoms with E-state index >= 15 is 0 Å². The molecule has 3 N–H and O–H groups in total. The van der Waals surface area contributed by atoms with E-state index in [1.54, 1.807) is 6.07 Å². The first-order valence-electron chi connectivity index (χ1n) is 10.3. The van der Waals surface area contributed by atoms with Crippen LogP contribution in [0.1, 0.15) is 27.0 Å². The quantitative estimate of drug-likeness (QED) is 0.516. The molecular formula is C26H29N2O2. The Morgan fingerprint density at radius 3 is 2.17 bits per heavy atom. The lowest BCUT2D eigenvalue weighted by Gasteiger charge is -2.25. The highest BCUT2D eigenvalue weighted by atomic mass is 16.3. The Kier molecular flexibility index (Phi) is 8.19. The van der Waals surface area contributed by atoms with Crippen molar-refractivity contribution >= 4 is 5.91 Å². The van der Waals surface area contributed by atoms with Gasteiger partial charge in [0.1, 0.15) is 0 Å². The zero-order valence-corrected chi connectivity index (χ0v) is 17.2. The number of hydrogen-bond acceptors (Lipinski definition) is 3. The van der Waals surface area contributed by atoms with Crippen LogP contribution < -0.4 is 5.73 Å². The molecule has 0 aliphatic carbocycles. The van der Waals surface area contributed by atoms with E-state index in [1.165, 1.54) is 11.1 Å². The van der Waals surface area contributed by atoms with Crippen molar-refractivity contribution in [1.29, 1.82) is 0 Å². The summed E-state index contributed by atoms with van der Waals surface area (Å²) in [5, 5.41) is 10.6. The summed E-state index contributed by atoms with van der Waals surface area (Å²) in [6.07, 6.45) is 2.83. The van der Waals surface area contributed by atoms with E-state index in [0.717, 1.165) is 25.1 Å². The number of nitrogens with zero attached hydrogens (tertiary/aromatic N) is 1. The van der Waals surface area contributed by atoms with Crippen LogP contribution in [0.4, 0.5) is 0 Å². The van der Waals surface area contributed by atoms with E-state index in [4.69, 9.17) is 5.73 Å². The Hall–Kier alpha value is -2.95. The molecule has 0 aromatic heterocycles. The summed E-state index contributed by atoms with van der Waals surface area (Å²) in [6.45, 7) is 1.98. The summed E-state index contributed by atoms with van der Waals surface area (Å²) in [5.74, 6) is -0.406. The third kappa shape index (κ3) is 6.83. The molecule has 1 atom stereocenters. The van der Waals surface area contributed by atoms with Gasteiger partial charge in [0.15, 0.2) is 0 Å². The van der Waals surface area contributed by atoms with Crippen LogP contribution in [0.3, 0.4) is 0 Å². The molecule has 0 spiro atoms. The fourth-order valence-corrected chi connectivity index (χ4v) is 3.56. The van der Waals surface area contributed by atoms with Gasteiger partial charge in [-0.25, -0.2) is 0 Å².